The standard InChI is InChI=1S/C21H33N3O3/c1-20(2,3)17(16-10-8-7-9-11-16)22-18(25)23-12-14-24(15-13-23)19(26)27-21(4,5)6/h7-11,17H,12-15H2,1-6H3,(H,22,25). The highest BCUT2D eigenvalue weighted by Gasteiger charge is 2.32. The van der Waals surface area contributed by atoms with Crippen LogP contribution >= 0.6 is 0 Å². The van der Waals surface area contributed by atoms with E-state index in [1.165, 1.54) is 0 Å². The maximum absolute atomic E-state index is 12.8. The number of benzene rings is 1. The van der Waals surface area contributed by atoms with Crippen LogP contribution in [0.25, 0.3) is 0 Å². The lowest BCUT2D eigenvalue weighted by Crippen LogP contribution is -2.55. The molecule has 1 heterocycles. The molecule has 1 aliphatic rings. The van der Waals surface area contributed by atoms with E-state index in [4.69, 9.17) is 4.74 Å². The van der Waals surface area contributed by atoms with Gasteiger partial charge in [0.25, 0.3) is 0 Å². The van der Waals surface area contributed by atoms with Crippen molar-refractivity contribution in [2.45, 2.75) is 53.2 Å². The van der Waals surface area contributed by atoms with E-state index in [1.54, 1.807) is 9.80 Å². The highest BCUT2D eigenvalue weighted by atomic mass is 16.6. The number of nitrogens with one attached hydrogen (secondary N) is 1. The van der Waals surface area contributed by atoms with E-state index in [2.05, 4.69) is 26.1 Å². The first-order chi connectivity index (χ1) is 12.5. The van der Waals surface area contributed by atoms with Crippen molar-refractivity contribution in [1.29, 1.82) is 0 Å². The predicted octanol–water partition coefficient (Wildman–Crippen LogP) is 4.04. The Bertz CT molecular complexity index is 639. The molecule has 150 valence electrons. The second-order valence-corrected chi connectivity index (χ2v) is 9.11. The molecule has 27 heavy (non-hydrogen) atoms. The van der Waals surface area contributed by atoms with Gasteiger partial charge in [-0.2, -0.15) is 0 Å². The third-order valence-electron chi connectivity index (χ3n) is 4.49. The van der Waals surface area contributed by atoms with Crippen molar-refractivity contribution in [2.24, 2.45) is 5.41 Å². The molecule has 0 aliphatic carbocycles. The molecule has 6 nitrogen and oxygen atoms in total. The van der Waals surface area contributed by atoms with Gasteiger partial charge in [-0.1, -0.05) is 51.1 Å². The normalized spacial score (nSPS) is 16.7. The fourth-order valence-electron chi connectivity index (χ4n) is 3.08. The van der Waals surface area contributed by atoms with Crippen LogP contribution in [0.1, 0.15) is 53.1 Å². The lowest BCUT2D eigenvalue weighted by Gasteiger charge is -2.38. The number of hydrogen-bond acceptors (Lipinski definition) is 3. The van der Waals surface area contributed by atoms with Crippen LogP contribution in [0.2, 0.25) is 0 Å². The highest BCUT2D eigenvalue weighted by Crippen LogP contribution is 2.32. The van der Waals surface area contributed by atoms with Gasteiger partial charge in [-0.15, -0.1) is 0 Å². The zero-order valence-corrected chi connectivity index (χ0v) is 17.4. The number of rotatable bonds is 2. The Labute approximate surface area is 162 Å². The first kappa shape index (κ1) is 21.1. The Balaban J connectivity index is 1.96. The minimum absolute atomic E-state index is 0.0879. The SMILES string of the molecule is CC(C)(C)OC(=O)N1CCN(C(=O)NC(c2ccccc2)C(C)(C)C)CC1. The summed E-state index contributed by atoms with van der Waals surface area (Å²) < 4.78 is 5.41. The lowest BCUT2D eigenvalue weighted by atomic mass is 9.82. The lowest BCUT2D eigenvalue weighted by molar-refractivity contribution is 0.0168. The van der Waals surface area contributed by atoms with Gasteiger partial charge in [0.2, 0.25) is 0 Å². The zero-order chi connectivity index (χ0) is 20.2. The number of ether oxygens (including phenoxy) is 1. The molecule has 1 aromatic carbocycles. The number of nitrogens with zero attached hydrogens (tertiary/aromatic N) is 2. The molecule has 1 aliphatic heterocycles. The number of carbonyl (C=O) groups excluding carboxylic acids is 2. The quantitative estimate of drug-likeness (QED) is 0.849. The van der Waals surface area contributed by atoms with Gasteiger partial charge in [0.15, 0.2) is 0 Å². The monoisotopic (exact) mass is 375 g/mol. The summed E-state index contributed by atoms with van der Waals surface area (Å²) in [5.74, 6) is 0. The third kappa shape index (κ3) is 6.15. The fourth-order valence-corrected chi connectivity index (χ4v) is 3.08. The summed E-state index contributed by atoms with van der Waals surface area (Å²) in [5.41, 5.74) is 0.460. The molecule has 1 atom stereocenters. The molecule has 2 rings (SSSR count). The van der Waals surface area contributed by atoms with Crippen molar-refractivity contribution in [3.63, 3.8) is 0 Å². The summed E-state index contributed by atoms with van der Waals surface area (Å²) in [6.07, 6.45) is -0.320. The first-order valence-corrected chi connectivity index (χ1v) is 9.56. The number of piperazine rings is 1. The number of hydrogen-bond donors (Lipinski definition) is 1. The molecule has 0 bridgehead atoms. The Kier molecular flexibility index (Phi) is 6.39. The van der Waals surface area contributed by atoms with Crippen LogP contribution in [0, 0.1) is 5.41 Å². The number of carbonyl (C=O) groups is 2. The number of amides is 3. The highest BCUT2D eigenvalue weighted by molar-refractivity contribution is 5.75. The van der Waals surface area contributed by atoms with Crippen molar-refractivity contribution in [2.75, 3.05) is 26.2 Å². The van der Waals surface area contributed by atoms with Crippen molar-refractivity contribution >= 4 is 12.1 Å². The predicted molar refractivity (Wildman–Crippen MR) is 107 cm³/mol. The Hall–Kier alpha value is -2.24. The van der Waals surface area contributed by atoms with Gasteiger partial charge in [0.05, 0.1) is 6.04 Å². The molecule has 0 aromatic heterocycles. The van der Waals surface area contributed by atoms with Crippen molar-refractivity contribution in [1.82, 2.24) is 15.1 Å². The zero-order valence-electron chi connectivity index (χ0n) is 17.4. The molecule has 0 radical (unpaired) electrons. The minimum atomic E-state index is -0.513. The van der Waals surface area contributed by atoms with E-state index in [0.717, 1.165) is 5.56 Å². The molecular weight excluding hydrogens is 342 g/mol. The Morgan fingerprint density at radius 3 is 1.93 bits per heavy atom. The maximum atomic E-state index is 12.8. The maximum Gasteiger partial charge on any atom is 0.410 e. The molecule has 6 heteroatoms. The van der Waals surface area contributed by atoms with E-state index in [9.17, 15) is 9.59 Å². The first-order valence-electron chi connectivity index (χ1n) is 9.56. The third-order valence-corrected chi connectivity index (χ3v) is 4.49. The average molecular weight is 376 g/mol. The fraction of sp³-hybridized carbons (Fsp3) is 0.619. The van der Waals surface area contributed by atoms with E-state index in [-0.39, 0.29) is 23.6 Å². The van der Waals surface area contributed by atoms with Gasteiger partial charge < -0.3 is 19.9 Å². The van der Waals surface area contributed by atoms with Gasteiger partial charge >= 0.3 is 12.1 Å². The molecule has 1 saturated heterocycles. The summed E-state index contributed by atoms with van der Waals surface area (Å²) in [4.78, 5) is 28.4. The molecule has 0 saturated carbocycles. The van der Waals surface area contributed by atoms with E-state index < -0.39 is 5.60 Å². The van der Waals surface area contributed by atoms with Crippen LogP contribution < -0.4 is 5.32 Å². The van der Waals surface area contributed by atoms with Crippen molar-refractivity contribution < 1.29 is 14.3 Å². The molecule has 3 amide bonds. The van der Waals surface area contributed by atoms with E-state index >= 15 is 0 Å². The van der Waals surface area contributed by atoms with Gasteiger partial charge in [-0.25, -0.2) is 9.59 Å². The molecule has 1 aromatic rings. The summed E-state index contributed by atoms with van der Waals surface area (Å²) >= 11 is 0. The van der Waals surface area contributed by atoms with Crippen LogP contribution in [0.5, 0.6) is 0 Å². The van der Waals surface area contributed by atoms with Crippen LogP contribution in [0.15, 0.2) is 30.3 Å². The van der Waals surface area contributed by atoms with Crippen LogP contribution in [0.4, 0.5) is 9.59 Å². The largest absolute Gasteiger partial charge is 0.444 e. The van der Waals surface area contributed by atoms with Gasteiger partial charge in [-0.05, 0) is 31.7 Å². The Morgan fingerprint density at radius 2 is 1.44 bits per heavy atom. The summed E-state index contributed by atoms with van der Waals surface area (Å²) in [6, 6.07) is 9.84. The summed E-state index contributed by atoms with van der Waals surface area (Å²) in [5, 5.41) is 3.18. The van der Waals surface area contributed by atoms with Gasteiger partial charge in [0.1, 0.15) is 5.60 Å². The van der Waals surface area contributed by atoms with E-state index in [0.29, 0.717) is 26.2 Å². The topological polar surface area (TPSA) is 61.9 Å². The second-order valence-electron chi connectivity index (χ2n) is 9.11. The van der Waals surface area contributed by atoms with Crippen LogP contribution in [0.3, 0.4) is 0 Å². The molecule has 1 fully saturated rings. The van der Waals surface area contributed by atoms with Gasteiger partial charge in [0, 0.05) is 26.2 Å². The van der Waals surface area contributed by atoms with Crippen LogP contribution in [-0.4, -0.2) is 53.7 Å². The molecular formula is C21H33N3O3. The molecule has 1 N–H and O–H groups in total. The second kappa shape index (κ2) is 8.19. The molecule has 0 spiro atoms. The van der Waals surface area contributed by atoms with Crippen molar-refractivity contribution in [3.8, 4) is 0 Å². The summed E-state index contributed by atoms with van der Waals surface area (Å²) in [6.45, 7) is 13.9. The van der Waals surface area contributed by atoms with Gasteiger partial charge in [-0.3, -0.25) is 0 Å². The smallest absolute Gasteiger partial charge is 0.410 e. The number of urea groups is 1. The Morgan fingerprint density at radius 1 is 0.926 bits per heavy atom. The molecule has 1 unspecified atom stereocenters. The van der Waals surface area contributed by atoms with Crippen molar-refractivity contribution in [3.05, 3.63) is 35.9 Å². The van der Waals surface area contributed by atoms with E-state index in [1.807, 2.05) is 51.1 Å². The average Bonchev–Trinajstić information content (AvgIpc) is 2.58. The van der Waals surface area contributed by atoms with Crippen LogP contribution in [-0.2, 0) is 4.74 Å². The minimum Gasteiger partial charge on any atom is -0.444 e. The summed E-state index contributed by atoms with van der Waals surface area (Å²) in [7, 11) is 0.